The summed E-state index contributed by atoms with van der Waals surface area (Å²) in [6.45, 7) is 0.706. The minimum Gasteiger partial charge on any atom is -0.399 e. The first kappa shape index (κ1) is 11.2. The first-order chi connectivity index (χ1) is 7.66. The van der Waals surface area contributed by atoms with Crippen molar-refractivity contribution in [1.82, 2.24) is 4.98 Å². The molecule has 0 radical (unpaired) electrons. The van der Waals surface area contributed by atoms with Crippen LogP contribution in [0.2, 0.25) is 5.02 Å². The van der Waals surface area contributed by atoms with Crippen molar-refractivity contribution in [3.8, 4) is 0 Å². The minimum absolute atomic E-state index is 0.706. The van der Waals surface area contributed by atoms with E-state index < -0.39 is 0 Å². The van der Waals surface area contributed by atoms with Gasteiger partial charge in [0.05, 0.1) is 0 Å². The first-order valence-corrected chi connectivity index (χ1v) is 6.07. The largest absolute Gasteiger partial charge is 0.399 e. The molecule has 0 aliphatic rings. The molecule has 0 saturated carbocycles. The van der Waals surface area contributed by atoms with Crippen LogP contribution in [0, 0.1) is 0 Å². The maximum absolute atomic E-state index is 6.10. The third-order valence-corrected chi connectivity index (χ3v) is 3.48. The Bertz CT molecular complexity index is 470. The number of thiazole rings is 1. The maximum Gasteiger partial charge on any atom is 0.185 e. The Morgan fingerprint density at radius 2 is 2.31 bits per heavy atom. The number of benzene rings is 1. The highest BCUT2D eigenvalue weighted by molar-refractivity contribution is 7.13. The summed E-state index contributed by atoms with van der Waals surface area (Å²) in [6, 6.07) is 5.52. The summed E-state index contributed by atoms with van der Waals surface area (Å²) in [7, 11) is 1.98. The van der Waals surface area contributed by atoms with Crippen LogP contribution < -0.4 is 10.6 Å². The number of nitrogens with zero attached hydrogens (tertiary/aromatic N) is 2. The van der Waals surface area contributed by atoms with E-state index in [-0.39, 0.29) is 0 Å². The Morgan fingerprint density at radius 3 is 3.00 bits per heavy atom. The van der Waals surface area contributed by atoms with Crippen molar-refractivity contribution < 1.29 is 0 Å². The summed E-state index contributed by atoms with van der Waals surface area (Å²) < 4.78 is 0. The Hall–Kier alpha value is -1.26. The van der Waals surface area contributed by atoms with Crippen LogP contribution in [0.25, 0.3) is 0 Å². The SMILES string of the molecule is CN(Cc1cc(N)ccc1Cl)c1nccs1. The lowest BCUT2D eigenvalue weighted by Crippen LogP contribution is -2.16. The summed E-state index contributed by atoms with van der Waals surface area (Å²) >= 11 is 7.70. The molecule has 2 rings (SSSR count). The Morgan fingerprint density at radius 1 is 1.50 bits per heavy atom. The number of hydrogen-bond acceptors (Lipinski definition) is 4. The molecule has 1 aromatic heterocycles. The Kier molecular flexibility index (Phi) is 3.31. The molecular weight excluding hydrogens is 242 g/mol. The normalized spacial score (nSPS) is 10.4. The van der Waals surface area contributed by atoms with Gasteiger partial charge in [-0.2, -0.15) is 0 Å². The maximum atomic E-state index is 6.10. The monoisotopic (exact) mass is 253 g/mol. The van der Waals surface area contributed by atoms with Gasteiger partial charge in [0, 0.05) is 35.9 Å². The third-order valence-electron chi connectivity index (χ3n) is 2.22. The van der Waals surface area contributed by atoms with Gasteiger partial charge in [0.2, 0.25) is 0 Å². The van der Waals surface area contributed by atoms with Crippen molar-refractivity contribution in [2.45, 2.75) is 6.54 Å². The molecule has 0 bridgehead atoms. The van der Waals surface area contributed by atoms with Crippen LogP contribution in [-0.4, -0.2) is 12.0 Å². The molecule has 84 valence electrons. The summed E-state index contributed by atoms with van der Waals surface area (Å²) in [6.07, 6.45) is 1.79. The standard InChI is InChI=1S/C11H12ClN3S/c1-15(11-14-4-5-16-11)7-8-6-9(13)2-3-10(8)12/h2-6H,7,13H2,1H3. The van der Waals surface area contributed by atoms with Crippen molar-refractivity contribution >= 4 is 33.8 Å². The van der Waals surface area contributed by atoms with Crippen LogP contribution in [0.5, 0.6) is 0 Å². The second kappa shape index (κ2) is 4.72. The molecule has 2 aromatic rings. The molecule has 0 unspecified atom stereocenters. The second-order valence-electron chi connectivity index (χ2n) is 3.52. The van der Waals surface area contributed by atoms with Gasteiger partial charge in [-0.25, -0.2) is 4.98 Å². The van der Waals surface area contributed by atoms with E-state index in [1.54, 1.807) is 23.6 Å². The molecule has 2 N–H and O–H groups in total. The topological polar surface area (TPSA) is 42.1 Å². The molecule has 16 heavy (non-hydrogen) atoms. The number of nitrogens with two attached hydrogens (primary N) is 1. The second-order valence-corrected chi connectivity index (χ2v) is 4.80. The van der Waals surface area contributed by atoms with Gasteiger partial charge in [-0.05, 0) is 23.8 Å². The van der Waals surface area contributed by atoms with E-state index in [4.69, 9.17) is 17.3 Å². The van der Waals surface area contributed by atoms with E-state index in [9.17, 15) is 0 Å². The lowest BCUT2D eigenvalue weighted by molar-refractivity contribution is 0.915. The zero-order valence-electron chi connectivity index (χ0n) is 8.85. The fourth-order valence-corrected chi connectivity index (χ4v) is 2.23. The fraction of sp³-hybridized carbons (Fsp3) is 0.182. The third kappa shape index (κ3) is 2.46. The van der Waals surface area contributed by atoms with Crippen molar-refractivity contribution in [2.75, 3.05) is 17.7 Å². The smallest absolute Gasteiger partial charge is 0.185 e. The summed E-state index contributed by atoms with van der Waals surface area (Å²) in [5.74, 6) is 0. The molecular formula is C11H12ClN3S. The van der Waals surface area contributed by atoms with E-state index in [1.165, 1.54) is 0 Å². The first-order valence-electron chi connectivity index (χ1n) is 4.81. The zero-order valence-corrected chi connectivity index (χ0v) is 10.4. The lowest BCUT2D eigenvalue weighted by atomic mass is 10.2. The molecule has 3 nitrogen and oxygen atoms in total. The molecule has 0 spiro atoms. The van der Waals surface area contributed by atoms with Crippen molar-refractivity contribution in [1.29, 1.82) is 0 Å². The molecule has 0 aliphatic heterocycles. The highest BCUT2D eigenvalue weighted by atomic mass is 35.5. The van der Waals surface area contributed by atoms with Gasteiger partial charge in [-0.1, -0.05) is 11.6 Å². The van der Waals surface area contributed by atoms with Crippen LogP contribution in [0.4, 0.5) is 10.8 Å². The number of aromatic nitrogens is 1. The molecule has 0 saturated heterocycles. The molecule has 5 heteroatoms. The molecule has 0 aliphatic carbocycles. The van der Waals surface area contributed by atoms with Gasteiger partial charge in [-0.3, -0.25) is 0 Å². The average Bonchev–Trinajstić information content (AvgIpc) is 2.76. The minimum atomic E-state index is 0.706. The number of halogens is 1. The van der Waals surface area contributed by atoms with Crippen LogP contribution in [-0.2, 0) is 6.54 Å². The Labute approximate surface area is 103 Å². The van der Waals surface area contributed by atoms with Gasteiger partial charge in [0.25, 0.3) is 0 Å². The summed E-state index contributed by atoms with van der Waals surface area (Å²) in [5, 5.41) is 3.66. The molecule has 0 fully saturated rings. The van der Waals surface area contributed by atoms with E-state index in [2.05, 4.69) is 4.98 Å². The van der Waals surface area contributed by atoms with Crippen LogP contribution >= 0.6 is 22.9 Å². The summed E-state index contributed by atoms with van der Waals surface area (Å²) in [4.78, 5) is 6.28. The number of rotatable bonds is 3. The zero-order chi connectivity index (χ0) is 11.5. The van der Waals surface area contributed by atoms with Gasteiger partial charge in [0.1, 0.15) is 0 Å². The van der Waals surface area contributed by atoms with Crippen molar-refractivity contribution in [3.05, 3.63) is 40.4 Å². The number of hydrogen-bond donors (Lipinski definition) is 1. The van der Waals surface area contributed by atoms with Crippen LogP contribution in [0.15, 0.2) is 29.8 Å². The van der Waals surface area contributed by atoms with E-state index in [0.29, 0.717) is 6.54 Å². The average molecular weight is 254 g/mol. The molecule has 0 atom stereocenters. The van der Waals surface area contributed by atoms with E-state index in [1.807, 2.05) is 29.5 Å². The Balaban J connectivity index is 2.17. The quantitative estimate of drug-likeness (QED) is 0.855. The molecule has 0 amide bonds. The van der Waals surface area contributed by atoms with Crippen LogP contribution in [0.3, 0.4) is 0 Å². The van der Waals surface area contributed by atoms with Gasteiger partial charge in [0.15, 0.2) is 5.13 Å². The molecule has 1 aromatic carbocycles. The lowest BCUT2D eigenvalue weighted by Gasteiger charge is -2.16. The number of nitrogen functional groups attached to an aromatic ring is 1. The predicted octanol–water partition coefficient (Wildman–Crippen LogP) is 3.02. The predicted molar refractivity (Wildman–Crippen MR) is 70.1 cm³/mol. The highest BCUT2D eigenvalue weighted by Crippen LogP contribution is 2.23. The van der Waals surface area contributed by atoms with Crippen molar-refractivity contribution in [3.63, 3.8) is 0 Å². The highest BCUT2D eigenvalue weighted by Gasteiger charge is 2.07. The fourth-order valence-electron chi connectivity index (χ4n) is 1.44. The van der Waals surface area contributed by atoms with Crippen molar-refractivity contribution in [2.24, 2.45) is 0 Å². The molecule has 1 heterocycles. The van der Waals surface area contributed by atoms with Crippen LogP contribution in [0.1, 0.15) is 5.56 Å². The van der Waals surface area contributed by atoms with Gasteiger partial charge < -0.3 is 10.6 Å². The van der Waals surface area contributed by atoms with Gasteiger partial charge >= 0.3 is 0 Å². The summed E-state index contributed by atoms with van der Waals surface area (Å²) in [5.41, 5.74) is 7.47. The number of anilines is 2. The van der Waals surface area contributed by atoms with E-state index in [0.717, 1.165) is 21.4 Å². The van der Waals surface area contributed by atoms with Gasteiger partial charge in [-0.15, -0.1) is 11.3 Å². The van der Waals surface area contributed by atoms with E-state index >= 15 is 0 Å².